The standard InChI is InChI=1S/C14H22FN3/c1-14(2,3)17-9-11-8-12(15)10-16-13(11)18-6-4-5-7-18/h8,10,17H,4-7,9H2,1-3H3. The highest BCUT2D eigenvalue weighted by Gasteiger charge is 2.18. The van der Waals surface area contributed by atoms with Crippen molar-refractivity contribution < 1.29 is 4.39 Å². The molecule has 2 rings (SSSR count). The number of anilines is 1. The van der Waals surface area contributed by atoms with Crippen LogP contribution in [0.5, 0.6) is 0 Å². The molecule has 0 unspecified atom stereocenters. The highest BCUT2D eigenvalue weighted by Crippen LogP contribution is 2.23. The van der Waals surface area contributed by atoms with Crippen LogP contribution in [0.15, 0.2) is 12.3 Å². The zero-order valence-electron chi connectivity index (χ0n) is 11.5. The van der Waals surface area contributed by atoms with E-state index in [0.29, 0.717) is 6.54 Å². The molecule has 1 aromatic heterocycles. The highest BCUT2D eigenvalue weighted by molar-refractivity contribution is 5.47. The minimum absolute atomic E-state index is 0.0224. The van der Waals surface area contributed by atoms with E-state index < -0.39 is 0 Å². The van der Waals surface area contributed by atoms with E-state index in [4.69, 9.17) is 0 Å². The first kappa shape index (κ1) is 13.3. The lowest BCUT2D eigenvalue weighted by molar-refractivity contribution is 0.423. The molecular formula is C14H22FN3. The Hall–Kier alpha value is -1.16. The third-order valence-corrected chi connectivity index (χ3v) is 3.12. The molecule has 0 amide bonds. The molecule has 0 radical (unpaired) electrons. The van der Waals surface area contributed by atoms with E-state index >= 15 is 0 Å². The molecule has 1 N–H and O–H groups in total. The maximum Gasteiger partial charge on any atom is 0.141 e. The Kier molecular flexibility index (Phi) is 3.85. The van der Waals surface area contributed by atoms with Crippen LogP contribution in [-0.2, 0) is 6.54 Å². The van der Waals surface area contributed by atoms with Gasteiger partial charge in [-0.3, -0.25) is 0 Å². The highest BCUT2D eigenvalue weighted by atomic mass is 19.1. The maximum absolute atomic E-state index is 13.3. The van der Waals surface area contributed by atoms with Crippen molar-refractivity contribution in [2.45, 2.75) is 45.7 Å². The normalized spacial score (nSPS) is 16.3. The quantitative estimate of drug-likeness (QED) is 0.895. The summed E-state index contributed by atoms with van der Waals surface area (Å²) in [6.07, 6.45) is 3.71. The van der Waals surface area contributed by atoms with Crippen LogP contribution in [0, 0.1) is 5.82 Å². The SMILES string of the molecule is CC(C)(C)NCc1cc(F)cnc1N1CCCC1. The average Bonchev–Trinajstić information content (AvgIpc) is 2.79. The second-order valence-corrected chi connectivity index (χ2v) is 5.93. The Morgan fingerprint density at radius 1 is 1.33 bits per heavy atom. The van der Waals surface area contributed by atoms with Gasteiger partial charge in [-0.1, -0.05) is 0 Å². The number of rotatable bonds is 3. The minimum atomic E-state index is -0.261. The lowest BCUT2D eigenvalue weighted by Crippen LogP contribution is -2.35. The number of hydrogen-bond donors (Lipinski definition) is 1. The first-order valence-corrected chi connectivity index (χ1v) is 6.60. The Morgan fingerprint density at radius 3 is 2.61 bits per heavy atom. The summed E-state index contributed by atoms with van der Waals surface area (Å²) in [5.41, 5.74) is 0.973. The summed E-state index contributed by atoms with van der Waals surface area (Å²) in [6.45, 7) is 9.03. The Morgan fingerprint density at radius 2 is 2.00 bits per heavy atom. The number of aromatic nitrogens is 1. The van der Waals surface area contributed by atoms with Gasteiger partial charge in [0.25, 0.3) is 0 Å². The van der Waals surface area contributed by atoms with Crippen molar-refractivity contribution in [3.05, 3.63) is 23.6 Å². The number of hydrogen-bond acceptors (Lipinski definition) is 3. The lowest BCUT2D eigenvalue weighted by Gasteiger charge is -2.24. The van der Waals surface area contributed by atoms with Crippen molar-refractivity contribution in [2.24, 2.45) is 0 Å². The average molecular weight is 251 g/mol. The molecule has 1 aliphatic heterocycles. The molecule has 0 spiro atoms. The van der Waals surface area contributed by atoms with Crippen molar-refractivity contribution >= 4 is 5.82 Å². The van der Waals surface area contributed by atoms with E-state index in [1.54, 1.807) is 6.07 Å². The van der Waals surface area contributed by atoms with Gasteiger partial charge in [0, 0.05) is 30.7 Å². The van der Waals surface area contributed by atoms with Crippen LogP contribution in [0.2, 0.25) is 0 Å². The molecule has 1 aliphatic rings. The molecule has 0 bridgehead atoms. The van der Waals surface area contributed by atoms with Gasteiger partial charge in [0.15, 0.2) is 0 Å². The minimum Gasteiger partial charge on any atom is -0.356 e. The first-order chi connectivity index (χ1) is 8.46. The number of pyridine rings is 1. The van der Waals surface area contributed by atoms with E-state index in [1.165, 1.54) is 19.0 Å². The van der Waals surface area contributed by atoms with Gasteiger partial charge in [-0.15, -0.1) is 0 Å². The predicted octanol–water partition coefficient (Wildman–Crippen LogP) is 2.71. The largest absolute Gasteiger partial charge is 0.356 e. The Labute approximate surface area is 108 Å². The van der Waals surface area contributed by atoms with Gasteiger partial charge in [0.1, 0.15) is 11.6 Å². The van der Waals surface area contributed by atoms with Crippen LogP contribution in [-0.4, -0.2) is 23.6 Å². The molecule has 2 heterocycles. The van der Waals surface area contributed by atoms with Gasteiger partial charge < -0.3 is 10.2 Å². The molecule has 100 valence electrons. The van der Waals surface area contributed by atoms with Crippen LogP contribution in [0.3, 0.4) is 0 Å². The van der Waals surface area contributed by atoms with E-state index in [0.717, 1.165) is 24.5 Å². The summed E-state index contributed by atoms with van der Waals surface area (Å²) in [5.74, 6) is 0.675. The van der Waals surface area contributed by atoms with Gasteiger partial charge >= 0.3 is 0 Å². The molecule has 1 aromatic rings. The smallest absolute Gasteiger partial charge is 0.141 e. The molecule has 0 atom stereocenters. The fourth-order valence-electron chi connectivity index (χ4n) is 2.18. The number of nitrogens with one attached hydrogen (secondary N) is 1. The van der Waals surface area contributed by atoms with Crippen LogP contribution in [0.1, 0.15) is 39.2 Å². The lowest BCUT2D eigenvalue weighted by atomic mass is 10.1. The Balaban J connectivity index is 2.17. The molecule has 0 saturated carbocycles. The van der Waals surface area contributed by atoms with E-state index in [2.05, 4.69) is 36.0 Å². The van der Waals surface area contributed by atoms with Crippen LogP contribution >= 0.6 is 0 Å². The molecule has 4 heteroatoms. The first-order valence-electron chi connectivity index (χ1n) is 6.60. The maximum atomic E-state index is 13.3. The van der Waals surface area contributed by atoms with Crippen LogP contribution < -0.4 is 10.2 Å². The zero-order valence-corrected chi connectivity index (χ0v) is 11.5. The van der Waals surface area contributed by atoms with Crippen molar-refractivity contribution in [1.82, 2.24) is 10.3 Å². The fraction of sp³-hybridized carbons (Fsp3) is 0.643. The number of nitrogens with zero attached hydrogens (tertiary/aromatic N) is 2. The van der Waals surface area contributed by atoms with Gasteiger partial charge in [-0.05, 0) is 39.7 Å². The summed E-state index contributed by atoms with van der Waals surface area (Å²) in [6, 6.07) is 1.60. The summed E-state index contributed by atoms with van der Waals surface area (Å²) in [7, 11) is 0. The fourth-order valence-corrected chi connectivity index (χ4v) is 2.18. The molecule has 0 aliphatic carbocycles. The molecule has 1 saturated heterocycles. The van der Waals surface area contributed by atoms with Gasteiger partial charge in [-0.2, -0.15) is 0 Å². The third kappa shape index (κ3) is 3.42. The van der Waals surface area contributed by atoms with Gasteiger partial charge in [-0.25, -0.2) is 9.37 Å². The van der Waals surface area contributed by atoms with Gasteiger partial charge in [0.2, 0.25) is 0 Å². The van der Waals surface area contributed by atoms with E-state index in [-0.39, 0.29) is 11.4 Å². The molecule has 18 heavy (non-hydrogen) atoms. The summed E-state index contributed by atoms with van der Waals surface area (Å²) < 4.78 is 13.3. The molecular weight excluding hydrogens is 229 g/mol. The van der Waals surface area contributed by atoms with Crippen LogP contribution in [0.4, 0.5) is 10.2 Å². The van der Waals surface area contributed by atoms with Crippen molar-refractivity contribution in [3.8, 4) is 0 Å². The van der Waals surface area contributed by atoms with Crippen molar-refractivity contribution in [3.63, 3.8) is 0 Å². The molecule has 1 fully saturated rings. The second-order valence-electron chi connectivity index (χ2n) is 5.93. The van der Waals surface area contributed by atoms with Gasteiger partial charge in [0.05, 0.1) is 6.20 Å². The van der Waals surface area contributed by atoms with Crippen LogP contribution in [0.25, 0.3) is 0 Å². The predicted molar refractivity (Wildman–Crippen MR) is 72.2 cm³/mol. The number of halogens is 1. The summed E-state index contributed by atoms with van der Waals surface area (Å²) in [5, 5.41) is 3.40. The monoisotopic (exact) mass is 251 g/mol. The third-order valence-electron chi connectivity index (χ3n) is 3.12. The van der Waals surface area contributed by atoms with Crippen molar-refractivity contribution in [2.75, 3.05) is 18.0 Å². The van der Waals surface area contributed by atoms with E-state index in [9.17, 15) is 4.39 Å². The molecule has 3 nitrogen and oxygen atoms in total. The topological polar surface area (TPSA) is 28.2 Å². The summed E-state index contributed by atoms with van der Waals surface area (Å²) >= 11 is 0. The zero-order chi connectivity index (χ0) is 13.2. The summed E-state index contributed by atoms with van der Waals surface area (Å²) in [4.78, 5) is 6.52. The van der Waals surface area contributed by atoms with Crippen molar-refractivity contribution in [1.29, 1.82) is 0 Å². The Bertz CT molecular complexity index is 406. The second kappa shape index (κ2) is 5.22. The molecule has 0 aromatic carbocycles. The van der Waals surface area contributed by atoms with E-state index in [1.807, 2.05) is 0 Å².